The molecule has 1 heterocycles. The normalized spacial score (nSPS) is 10.4. The number of carbonyl (C=O) groups excluding carboxylic acids is 1. The van der Waals surface area contributed by atoms with Crippen LogP contribution in [-0.2, 0) is 0 Å². The van der Waals surface area contributed by atoms with E-state index in [0.29, 0.717) is 0 Å². The molecule has 0 aliphatic rings. The van der Waals surface area contributed by atoms with E-state index in [1.807, 2.05) is 19.9 Å². The van der Waals surface area contributed by atoms with Crippen molar-refractivity contribution in [3.63, 3.8) is 0 Å². The average molecular weight is 325 g/mol. The van der Waals surface area contributed by atoms with Gasteiger partial charge in [0.15, 0.2) is 6.29 Å². The molecule has 2 rings (SSSR count). The SMILES string of the molecule is Cc1cc(C=O)c(C)n1-c1ccc(I)cc1. The summed E-state index contributed by atoms with van der Waals surface area (Å²) in [5.41, 5.74) is 3.94. The zero-order valence-corrected chi connectivity index (χ0v) is 11.4. The first-order chi connectivity index (χ1) is 7.63. The quantitative estimate of drug-likeness (QED) is 0.612. The standard InChI is InChI=1S/C13H12INO/c1-9-7-11(8-16)10(2)15(9)13-5-3-12(14)4-6-13/h3-8H,1-2H3. The number of aldehydes is 1. The van der Waals surface area contributed by atoms with Crippen molar-refractivity contribution in [1.82, 2.24) is 4.57 Å². The van der Waals surface area contributed by atoms with Crippen LogP contribution in [0.1, 0.15) is 21.7 Å². The van der Waals surface area contributed by atoms with E-state index in [4.69, 9.17) is 0 Å². The van der Waals surface area contributed by atoms with Gasteiger partial charge in [-0.05, 0) is 66.8 Å². The van der Waals surface area contributed by atoms with E-state index in [-0.39, 0.29) is 0 Å². The lowest BCUT2D eigenvalue weighted by molar-refractivity contribution is 0.112. The first-order valence-corrected chi connectivity index (χ1v) is 6.11. The van der Waals surface area contributed by atoms with E-state index in [0.717, 1.165) is 28.9 Å². The summed E-state index contributed by atoms with van der Waals surface area (Å²) >= 11 is 2.28. The number of nitrogens with zero attached hydrogens (tertiary/aromatic N) is 1. The van der Waals surface area contributed by atoms with Crippen LogP contribution in [0.25, 0.3) is 5.69 Å². The summed E-state index contributed by atoms with van der Waals surface area (Å²) < 4.78 is 3.30. The lowest BCUT2D eigenvalue weighted by Gasteiger charge is -2.09. The number of hydrogen-bond acceptors (Lipinski definition) is 1. The van der Waals surface area contributed by atoms with Crippen molar-refractivity contribution < 1.29 is 4.79 Å². The number of benzene rings is 1. The number of aryl methyl sites for hydroxylation is 1. The number of hydrogen-bond donors (Lipinski definition) is 0. The molecule has 0 spiro atoms. The fourth-order valence-electron chi connectivity index (χ4n) is 1.89. The largest absolute Gasteiger partial charge is 0.318 e. The van der Waals surface area contributed by atoms with Gasteiger partial charge < -0.3 is 4.57 Å². The highest BCUT2D eigenvalue weighted by atomic mass is 127. The Bertz CT molecular complexity index is 526. The van der Waals surface area contributed by atoms with Crippen molar-refractivity contribution in [1.29, 1.82) is 0 Å². The van der Waals surface area contributed by atoms with Crippen LogP contribution < -0.4 is 0 Å². The fourth-order valence-corrected chi connectivity index (χ4v) is 2.25. The van der Waals surface area contributed by atoms with Gasteiger partial charge in [-0.2, -0.15) is 0 Å². The third kappa shape index (κ3) is 1.91. The van der Waals surface area contributed by atoms with Crippen LogP contribution in [0.5, 0.6) is 0 Å². The Morgan fingerprint density at radius 3 is 2.31 bits per heavy atom. The smallest absolute Gasteiger partial charge is 0.151 e. The summed E-state index contributed by atoms with van der Waals surface area (Å²) in [7, 11) is 0. The monoisotopic (exact) mass is 325 g/mol. The minimum Gasteiger partial charge on any atom is -0.318 e. The minimum absolute atomic E-state index is 0.760. The van der Waals surface area contributed by atoms with Crippen molar-refractivity contribution in [2.75, 3.05) is 0 Å². The van der Waals surface area contributed by atoms with Crippen molar-refractivity contribution >= 4 is 28.9 Å². The lowest BCUT2D eigenvalue weighted by Crippen LogP contribution is -1.99. The molecular weight excluding hydrogens is 313 g/mol. The van der Waals surface area contributed by atoms with Gasteiger partial charge >= 0.3 is 0 Å². The van der Waals surface area contributed by atoms with Crippen LogP contribution in [-0.4, -0.2) is 10.9 Å². The van der Waals surface area contributed by atoms with Gasteiger partial charge in [-0.1, -0.05) is 0 Å². The summed E-state index contributed by atoms with van der Waals surface area (Å²) in [6.07, 6.45) is 0.908. The van der Waals surface area contributed by atoms with E-state index in [9.17, 15) is 4.79 Å². The highest BCUT2D eigenvalue weighted by Gasteiger charge is 2.09. The van der Waals surface area contributed by atoms with Gasteiger partial charge in [0, 0.05) is 26.2 Å². The topological polar surface area (TPSA) is 22.0 Å². The second-order valence-corrected chi connectivity index (χ2v) is 5.00. The van der Waals surface area contributed by atoms with Crippen LogP contribution in [0.3, 0.4) is 0 Å². The minimum atomic E-state index is 0.760. The van der Waals surface area contributed by atoms with Gasteiger partial charge in [0.1, 0.15) is 0 Å². The van der Waals surface area contributed by atoms with Gasteiger partial charge in [-0.3, -0.25) is 4.79 Å². The zero-order chi connectivity index (χ0) is 11.7. The Balaban J connectivity index is 2.59. The molecule has 0 bridgehead atoms. The summed E-state index contributed by atoms with van der Waals surface area (Å²) in [6.45, 7) is 3.98. The van der Waals surface area contributed by atoms with E-state index in [1.165, 1.54) is 3.57 Å². The van der Waals surface area contributed by atoms with Crippen LogP contribution in [0, 0.1) is 17.4 Å². The van der Waals surface area contributed by atoms with Gasteiger partial charge in [0.05, 0.1) is 0 Å². The summed E-state index contributed by atoms with van der Waals surface area (Å²) in [5, 5.41) is 0. The number of aromatic nitrogens is 1. The molecule has 0 unspecified atom stereocenters. The maximum absolute atomic E-state index is 10.9. The molecule has 2 aromatic rings. The van der Waals surface area contributed by atoms with E-state index in [2.05, 4.69) is 51.4 Å². The number of halogens is 1. The number of rotatable bonds is 2. The maximum Gasteiger partial charge on any atom is 0.151 e. The Morgan fingerprint density at radius 1 is 1.19 bits per heavy atom. The molecule has 0 aliphatic carbocycles. The molecule has 0 radical (unpaired) electrons. The molecule has 0 saturated carbocycles. The molecule has 2 nitrogen and oxygen atoms in total. The van der Waals surface area contributed by atoms with Gasteiger partial charge in [0.25, 0.3) is 0 Å². The van der Waals surface area contributed by atoms with Crippen LogP contribution in [0.4, 0.5) is 0 Å². The molecule has 82 valence electrons. The van der Waals surface area contributed by atoms with E-state index >= 15 is 0 Å². The predicted molar refractivity (Wildman–Crippen MR) is 73.3 cm³/mol. The van der Waals surface area contributed by atoms with Crippen molar-refractivity contribution in [3.05, 3.63) is 50.9 Å². The van der Waals surface area contributed by atoms with Gasteiger partial charge in [0.2, 0.25) is 0 Å². The van der Waals surface area contributed by atoms with Crippen LogP contribution >= 0.6 is 22.6 Å². The van der Waals surface area contributed by atoms with Crippen molar-refractivity contribution in [2.45, 2.75) is 13.8 Å². The molecule has 0 aliphatic heterocycles. The van der Waals surface area contributed by atoms with E-state index in [1.54, 1.807) is 0 Å². The molecule has 1 aromatic heterocycles. The first kappa shape index (κ1) is 11.4. The molecule has 1 aromatic carbocycles. The van der Waals surface area contributed by atoms with Crippen molar-refractivity contribution in [2.24, 2.45) is 0 Å². The lowest BCUT2D eigenvalue weighted by atomic mass is 10.2. The highest BCUT2D eigenvalue weighted by Crippen LogP contribution is 2.20. The Labute approximate surface area is 108 Å². The van der Waals surface area contributed by atoms with Crippen LogP contribution in [0.2, 0.25) is 0 Å². The summed E-state index contributed by atoms with van der Waals surface area (Å²) in [5.74, 6) is 0. The zero-order valence-electron chi connectivity index (χ0n) is 9.20. The summed E-state index contributed by atoms with van der Waals surface area (Å²) in [4.78, 5) is 10.9. The molecule has 16 heavy (non-hydrogen) atoms. The second kappa shape index (κ2) is 4.41. The van der Waals surface area contributed by atoms with Gasteiger partial charge in [-0.25, -0.2) is 0 Å². The third-order valence-corrected chi connectivity index (χ3v) is 3.40. The van der Waals surface area contributed by atoms with E-state index < -0.39 is 0 Å². The van der Waals surface area contributed by atoms with Crippen LogP contribution in [0.15, 0.2) is 30.3 Å². The average Bonchev–Trinajstić information content (AvgIpc) is 2.56. The molecule has 0 saturated heterocycles. The second-order valence-electron chi connectivity index (χ2n) is 3.76. The molecular formula is C13H12INO. The third-order valence-electron chi connectivity index (χ3n) is 2.68. The highest BCUT2D eigenvalue weighted by molar-refractivity contribution is 14.1. The Morgan fingerprint density at radius 2 is 1.81 bits per heavy atom. The predicted octanol–water partition coefficient (Wildman–Crippen LogP) is 3.51. The first-order valence-electron chi connectivity index (χ1n) is 5.03. The number of carbonyl (C=O) groups is 1. The fraction of sp³-hybridized carbons (Fsp3) is 0.154. The van der Waals surface area contributed by atoms with Crippen molar-refractivity contribution in [3.8, 4) is 5.69 Å². The molecule has 0 N–H and O–H groups in total. The Kier molecular flexibility index (Phi) is 3.14. The van der Waals surface area contributed by atoms with Gasteiger partial charge in [-0.15, -0.1) is 0 Å². The maximum atomic E-state index is 10.9. The molecule has 0 amide bonds. The Hall–Kier alpha value is -1.10. The molecule has 0 atom stereocenters. The molecule has 3 heteroatoms. The molecule has 0 fully saturated rings. The summed E-state index contributed by atoms with van der Waals surface area (Å²) in [6, 6.07) is 10.2.